The Labute approximate surface area is 174 Å². The Hall–Kier alpha value is -2.33. The first-order valence-electron chi connectivity index (χ1n) is 10.7. The van der Waals surface area contributed by atoms with Crippen LogP contribution in [0.2, 0.25) is 0 Å². The van der Waals surface area contributed by atoms with Gasteiger partial charge in [0.25, 0.3) is 5.91 Å². The highest BCUT2D eigenvalue weighted by molar-refractivity contribution is 5.97. The minimum absolute atomic E-state index is 0.0253. The second-order valence-corrected chi connectivity index (χ2v) is 8.30. The summed E-state index contributed by atoms with van der Waals surface area (Å²) in [6, 6.07) is 14.1. The van der Waals surface area contributed by atoms with Crippen molar-refractivity contribution >= 4 is 11.6 Å². The molecule has 0 unspecified atom stereocenters. The minimum Gasteiger partial charge on any atom is -0.488 e. The molecule has 0 spiro atoms. The fourth-order valence-electron chi connectivity index (χ4n) is 4.41. The average molecular weight is 396 g/mol. The molecule has 1 N–H and O–H groups in total. The molecule has 29 heavy (non-hydrogen) atoms. The highest BCUT2D eigenvalue weighted by Gasteiger charge is 2.42. The molecular formula is C25H33NO3. The van der Waals surface area contributed by atoms with Gasteiger partial charge in [-0.05, 0) is 74.8 Å². The van der Waals surface area contributed by atoms with Crippen molar-refractivity contribution in [1.82, 2.24) is 0 Å². The fourth-order valence-corrected chi connectivity index (χ4v) is 4.41. The Bertz CT molecular complexity index is 806. The summed E-state index contributed by atoms with van der Waals surface area (Å²) in [5.74, 6) is 1.35. The summed E-state index contributed by atoms with van der Waals surface area (Å²) < 4.78 is 12.1. The first-order chi connectivity index (χ1) is 13.9. The smallest absolute Gasteiger partial charge is 0.256 e. The molecule has 1 fully saturated rings. The lowest BCUT2D eigenvalue weighted by Gasteiger charge is -2.38. The van der Waals surface area contributed by atoms with Crippen LogP contribution in [-0.2, 0) is 16.1 Å². The zero-order chi connectivity index (χ0) is 20.9. The monoisotopic (exact) mass is 395 g/mol. The molecule has 0 saturated heterocycles. The molecule has 2 aromatic rings. The maximum Gasteiger partial charge on any atom is 0.256 e. The number of carbonyl (C=O) groups is 1. The van der Waals surface area contributed by atoms with E-state index in [0.29, 0.717) is 19.1 Å². The quantitative estimate of drug-likeness (QED) is 0.644. The SMILES string of the molecule is CCO[C@]1(C(=O)Nc2cc(C)c(OCc3ccccc3)c(C)c2)CCC[C@H](C)C1. The van der Waals surface area contributed by atoms with Gasteiger partial charge in [-0.25, -0.2) is 0 Å². The van der Waals surface area contributed by atoms with E-state index in [1.165, 1.54) is 0 Å². The number of anilines is 1. The van der Waals surface area contributed by atoms with E-state index in [2.05, 4.69) is 24.4 Å². The van der Waals surface area contributed by atoms with E-state index in [9.17, 15) is 4.79 Å². The zero-order valence-electron chi connectivity index (χ0n) is 18.1. The summed E-state index contributed by atoms with van der Waals surface area (Å²) in [5.41, 5.74) is 3.25. The van der Waals surface area contributed by atoms with Crippen molar-refractivity contribution in [3.8, 4) is 5.75 Å². The van der Waals surface area contributed by atoms with Gasteiger partial charge in [0.15, 0.2) is 0 Å². The van der Waals surface area contributed by atoms with E-state index in [4.69, 9.17) is 9.47 Å². The summed E-state index contributed by atoms with van der Waals surface area (Å²) in [4.78, 5) is 13.2. The van der Waals surface area contributed by atoms with E-state index in [1.807, 2.05) is 51.1 Å². The Balaban J connectivity index is 1.73. The predicted molar refractivity (Wildman–Crippen MR) is 117 cm³/mol. The molecule has 4 nitrogen and oxygen atoms in total. The summed E-state index contributed by atoms with van der Waals surface area (Å²) >= 11 is 0. The maximum absolute atomic E-state index is 13.2. The fraction of sp³-hybridized carbons (Fsp3) is 0.480. The van der Waals surface area contributed by atoms with Crippen LogP contribution in [0.3, 0.4) is 0 Å². The minimum atomic E-state index is -0.712. The normalized spacial score (nSPS) is 21.6. The second kappa shape index (κ2) is 9.45. The third kappa shape index (κ3) is 5.18. The van der Waals surface area contributed by atoms with Crippen LogP contribution in [-0.4, -0.2) is 18.1 Å². The molecule has 0 bridgehead atoms. The van der Waals surface area contributed by atoms with Crippen LogP contribution in [0.1, 0.15) is 56.2 Å². The molecule has 1 saturated carbocycles. The van der Waals surface area contributed by atoms with Crippen LogP contribution in [0.5, 0.6) is 5.75 Å². The van der Waals surface area contributed by atoms with Crippen molar-refractivity contribution in [3.63, 3.8) is 0 Å². The Morgan fingerprint density at radius 1 is 1.17 bits per heavy atom. The first-order valence-corrected chi connectivity index (χ1v) is 10.7. The largest absolute Gasteiger partial charge is 0.488 e. The van der Waals surface area contributed by atoms with Gasteiger partial charge in [0.1, 0.15) is 18.0 Å². The Morgan fingerprint density at radius 2 is 1.86 bits per heavy atom. The van der Waals surface area contributed by atoms with Gasteiger partial charge in [-0.1, -0.05) is 43.7 Å². The zero-order valence-corrected chi connectivity index (χ0v) is 18.1. The summed E-state index contributed by atoms with van der Waals surface area (Å²) in [6.07, 6.45) is 3.75. The number of hydrogen-bond acceptors (Lipinski definition) is 3. The second-order valence-electron chi connectivity index (χ2n) is 8.30. The molecule has 1 aliphatic carbocycles. The molecule has 0 aromatic heterocycles. The summed E-state index contributed by atoms with van der Waals surface area (Å²) in [6.45, 7) is 9.27. The molecule has 1 amide bonds. The highest BCUT2D eigenvalue weighted by atomic mass is 16.5. The van der Waals surface area contributed by atoms with Crippen molar-refractivity contribution in [2.45, 2.75) is 65.6 Å². The third-order valence-corrected chi connectivity index (χ3v) is 5.73. The van der Waals surface area contributed by atoms with Gasteiger partial charge < -0.3 is 14.8 Å². The van der Waals surface area contributed by atoms with Crippen LogP contribution < -0.4 is 10.1 Å². The molecule has 1 aliphatic rings. The predicted octanol–water partition coefficient (Wildman–Crippen LogP) is 5.81. The van der Waals surface area contributed by atoms with Gasteiger partial charge in [0.05, 0.1) is 0 Å². The van der Waals surface area contributed by atoms with Gasteiger partial charge >= 0.3 is 0 Å². The van der Waals surface area contributed by atoms with Gasteiger partial charge in [-0.15, -0.1) is 0 Å². The van der Waals surface area contributed by atoms with Crippen molar-refractivity contribution in [1.29, 1.82) is 0 Å². The van der Waals surface area contributed by atoms with Gasteiger partial charge in [0.2, 0.25) is 0 Å². The summed E-state index contributed by atoms with van der Waals surface area (Å²) in [7, 11) is 0. The van der Waals surface area contributed by atoms with E-state index in [1.54, 1.807) is 0 Å². The molecule has 0 radical (unpaired) electrons. The van der Waals surface area contributed by atoms with Crippen molar-refractivity contribution in [3.05, 3.63) is 59.2 Å². The Kier molecular flexibility index (Phi) is 6.96. The molecule has 2 aromatic carbocycles. The van der Waals surface area contributed by atoms with Crippen LogP contribution in [0.15, 0.2) is 42.5 Å². The van der Waals surface area contributed by atoms with E-state index in [0.717, 1.165) is 53.8 Å². The van der Waals surface area contributed by atoms with Crippen molar-refractivity contribution in [2.24, 2.45) is 5.92 Å². The van der Waals surface area contributed by atoms with Crippen LogP contribution in [0.25, 0.3) is 0 Å². The highest BCUT2D eigenvalue weighted by Crippen LogP contribution is 2.37. The summed E-state index contributed by atoms with van der Waals surface area (Å²) in [5, 5.41) is 3.12. The standard InChI is InChI=1S/C25H33NO3/c1-5-29-25(13-9-10-18(2)16-25)24(27)26-22-14-19(3)23(20(4)15-22)28-17-21-11-7-6-8-12-21/h6-8,11-12,14-15,18H,5,9-10,13,16-17H2,1-4H3,(H,26,27)/t18-,25+/m0/s1. The Morgan fingerprint density at radius 3 is 2.48 bits per heavy atom. The van der Waals surface area contributed by atoms with E-state index < -0.39 is 5.60 Å². The van der Waals surface area contributed by atoms with Crippen molar-refractivity contribution < 1.29 is 14.3 Å². The van der Waals surface area contributed by atoms with Gasteiger partial charge in [-0.3, -0.25) is 4.79 Å². The van der Waals surface area contributed by atoms with Crippen molar-refractivity contribution in [2.75, 3.05) is 11.9 Å². The molecule has 156 valence electrons. The first kappa shape index (κ1) is 21.4. The molecule has 4 heteroatoms. The lowest BCUT2D eigenvalue weighted by atomic mass is 9.78. The van der Waals surface area contributed by atoms with Gasteiger partial charge in [0, 0.05) is 12.3 Å². The lowest BCUT2D eigenvalue weighted by Crippen LogP contribution is -2.48. The molecule has 0 aliphatic heterocycles. The molecule has 0 heterocycles. The van der Waals surface area contributed by atoms with Crippen LogP contribution in [0.4, 0.5) is 5.69 Å². The number of benzene rings is 2. The number of carbonyl (C=O) groups excluding carboxylic acids is 1. The number of rotatable bonds is 7. The van der Waals surface area contributed by atoms with Gasteiger partial charge in [-0.2, -0.15) is 0 Å². The molecular weight excluding hydrogens is 362 g/mol. The van der Waals surface area contributed by atoms with Crippen LogP contribution in [0, 0.1) is 19.8 Å². The maximum atomic E-state index is 13.2. The number of nitrogens with one attached hydrogen (secondary N) is 1. The van der Waals surface area contributed by atoms with E-state index >= 15 is 0 Å². The van der Waals surface area contributed by atoms with E-state index in [-0.39, 0.29) is 5.91 Å². The number of ether oxygens (including phenoxy) is 2. The number of aryl methyl sites for hydroxylation is 2. The number of amides is 1. The average Bonchev–Trinajstić information content (AvgIpc) is 2.68. The third-order valence-electron chi connectivity index (χ3n) is 5.73. The topological polar surface area (TPSA) is 47.6 Å². The van der Waals surface area contributed by atoms with Crippen LogP contribution >= 0.6 is 0 Å². The molecule has 3 rings (SSSR count). The number of hydrogen-bond donors (Lipinski definition) is 1. The lowest BCUT2D eigenvalue weighted by molar-refractivity contribution is -0.147. The molecule has 2 atom stereocenters.